The van der Waals surface area contributed by atoms with Crippen molar-refractivity contribution in [3.05, 3.63) is 29.8 Å². The van der Waals surface area contributed by atoms with Crippen molar-refractivity contribution in [3.8, 4) is 11.5 Å². The maximum absolute atomic E-state index is 12.2. The Morgan fingerprint density at radius 2 is 2.08 bits per heavy atom. The van der Waals surface area contributed by atoms with Crippen LogP contribution in [0.15, 0.2) is 24.3 Å². The summed E-state index contributed by atoms with van der Waals surface area (Å²) >= 11 is 0. The van der Waals surface area contributed by atoms with Gasteiger partial charge in [0.2, 0.25) is 0 Å². The second kappa shape index (κ2) is 10.1. The van der Waals surface area contributed by atoms with Crippen LogP contribution in [0, 0.1) is 0 Å². The third-order valence-electron chi connectivity index (χ3n) is 4.40. The van der Waals surface area contributed by atoms with Gasteiger partial charge in [-0.2, -0.15) is 0 Å². The number of hydrogen-bond acceptors (Lipinski definition) is 4. The van der Waals surface area contributed by atoms with Crippen LogP contribution in [0.5, 0.6) is 11.5 Å². The highest BCUT2D eigenvalue weighted by Crippen LogP contribution is 2.28. The summed E-state index contributed by atoms with van der Waals surface area (Å²) in [5.41, 5.74) is 1.04. The molecule has 0 atom stereocenters. The van der Waals surface area contributed by atoms with Crippen molar-refractivity contribution in [1.82, 2.24) is 10.2 Å². The van der Waals surface area contributed by atoms with Gasteiger partial charge in [0.1, 0.15) is 0 Å². The highest BCUT2D eigenvalue weighted by atomic mass is 16.5. The molecule has 1 aromatic rings. The predicted molar refractivity (Wildman–Crippen MR) is 101 cm³/mol. The first-order chi connectivity index (χ1) is 12.2. The number of carbonyl (C=O) groups excluding carboxylic acids is 1. The largest absolute Gasteiger partial charge is 0.493 e. The minimum absolute atomic E-state index is 0.00843. The molecule has 1 heterocycles. The lowest BCUT2D eigenvalue weighted by atomic mass is 10.0. The first-order valence-electron chi connectivity index (χ1n) is 9.11. The van der Waals surface area contributed by atoms with Gasteiger partial charge < -0.3 is 19.7 Å². The molecule has 0 spiro atoms. The maximum atomic E-state index is 12.2. The zero-order valence-electron chi connectivity index (χ0n) is 15.6. The Labute approximate surface area is 151 Å². The summed E-state index contributed by atoms with van der Waals surface area (Å²) in [6, 6.07) is 5.93. The molecule has 1 aliphatic rings. The topological polar surface area (TPSA) is 50.8 Å². The van der Waals surface area contributed by atoms with Crippen molar-refractivity contribution < 1.29 is 14.3 Å². The number of methoxy groups -OCH3 is 1. The van der Waals surface area contributed by atoms with Gasteiger partial charge in [0.05, 0.1) is 7.11 Å². The summed E-state index contributed by atoms with van der Waals surface area (Å²) in [6.45, 7) is 7.43. The Bertz CT molecular complexity index is 578. The van der Waals surface area contributed by atoms with Gasteiger partial charge in [0.15, 0.2) is 18.1 Å². The van der Waals surface area contributed by atoms with E-state index in [2.05, 4.69) is 17.1 Å². The molecule has 1 fully saturated rings. The smallest absolute Gasteiger partial charge is 0.258 e. The van der Waals surface area contributed by atoms with Gasteiger partial charge in [-0.25, -0.2) is 0 Å². The van der Waals surface area contributed by atoms with E-state index in [0.29, 0.717) is 11.5 Å². The van der Waals surface area contributed by atoms with Crippen LogP contribution in [0.3, 0.4) is 0 Å². The SMILES string of the molecule is C/C=C/c1ccc(OCC(=O)NC2CCN(CCC)CC2)c(OC)c1. The molecular weight excluding hydrogens is 316 g/mol. The molecule has 5 heteroatoms. The molecule has 0 saturated carbocycles. The molecule has 5 nitrogen and oxygen atoms in total. The van der Waals surface area contributed by atoms with Crippen LogP contribution in [-0.4, -0.2) is 50.2 Å². The number of nitrogens with one attached hydrogen (secondary N) is 1. The Morgan fingerprint density at radius 1 is 1.32 bits per heavy atom. The number of ether oxygens (including phenoxy) is 2. The Balaban J connectivity index is 1.80. The lowest BCUT2D eigenvalue weighted by molar-refractivity contribution is -0.124. The minimum atomic E-state index is -0.0754. The Kier molecular flexibility index (Phi) is 7.79. The summed E-state index contributed by atoms with van der Waals surface area (Å²) in [4.78, 5) is 14.6. The zero-order valence-corrected chi connectivity index (χ0v) is 15.6. The molecule has 1 saturated heterocycles. The molecule has 2 rings (SSSR count). The number of nitrogens with zero attached hydrogens (tertiary/aromatic N) is 1. The van der Waals surface area contributed by atoms with Gasteiger partial charge in [-0.1, -0.05) is 25.1 Å². The number of amides is 1. The molecule has 1 N–H and O–H groups in total. The molecule has 138 valence electrons. The van der Waals surface area contributed by atoms with E-state index < -0.39 is 0 Å². The monoisotopic (exact) mass is 346 g/mol. The summed E-state index contributed by atoms with van der Waals surface area (Å²) in [7, 11) is 1.60. The van der Waals surface area contributed by atoms with Gasteiger partial charge in [-0.15, -0.1) is 0 Å². The number of hydrogen-bond donors (Lipinski definition) is 1. The van der Waals surface area contributed by atoms with E-state index in [4.69, 9.17) is 9.47 Å². The second-order valence-corrected chi connectivity index (χ2v) is 6.38. The van der Waals surface area contributed by atoms with E-state index in [-0.39, 0.29) is 18.6 Å². The van der Waals surface area contributed by atoms with Crippen LogP contribution in [0.1, 0.15) is 38.7 Å². The van der Waals surface area contributed by atoms with Crippen molar-refractivity contribution >= 4 is 12.0 Å². The Hall–Kier alpha value is -2.01. The first-order valence-corrected chi connectivity index (χ1v) is 9.11. The molecule has 0 unspecified atom stereocenters. The number of rotatable bonds is 8. The van der Waals surface area contributed by atoms with Crippen LogP contribution >= 0.6 is 0 Å². The van der Waals surface area contributed by atoms with Gasteiger partial charge >= 0.3 is 0 Å². The fourth-order valence-electron chi connectivity index (χ4n) is 3.13. The number of allylic oxidation sites excluding steroid dienone is 1. The third kappa shape index (κ3) is 6.09. The summed E-state index contributed by atoms with van der Waals surface area (Å²) in [6.07, 6.45) is 7.15. The molecule has 0 bridgehead atoms. The molecule has 1 aromatic carbocycles. The highest BCUT2D eigenvalue weighted by Gasteiger charge is 2.20. The quantitative estimate of drug-likeness (QED) is 0.786. The molecule has 25 heavy (non-hydrogen) atoms. The van der Waals surface area contributed by atoms with Crippen LogP contribution in [0.4, 0.5) is 0 Å². The van der Waals surface area contributed by atoms with E-state index in [1.165, 1.54) is 6.42 Å². The normalized spacial score (nSPS) is 16.1. The van der Waals surface area contributed by atoms with E-state index >= 15 is 0 Å². The Morgan fingerprint density at radius 3 is 2.72 bits per heavy atom. The zero-order chi connectivity index (χ0) is 18.1. The molecule has 0 radical (unpaired) electrons. The lowest BCUT2D eigenvalue weighted by Crippen LogP contribution is -2.46. The average Bonchev–Trinajstić information content (AvgIpc) is 2.62. The first kappa shape index (κ1) is 19.3. The summed E-state index contributed by atoms with van der Waals surface area (Å²) in [5, 5.41) is 3.08. The standard InChI is InChI=1S/C20H30N2O3/c1-4-6-16-7-8-18(19(14-16)24-3)25-15-20(23)21-17-9-12-22(11-5-2)13-10-17/h4,6-8,14,17H,5,9-13,15H2,1-3H3,(H,21,23)/b6-4+. The average molecular weight is 346 g/mol. The van der Waals surface area contributed by atoms with Crippen molar-refractivity contribution in [2.75, 3.05) is 33.4 Å². The van der Waals surface area contributed by atoms with E-state index in [1.807, 2.05) is 37.3 Å². The van der Waals surface area contributed by atoms with Gasteiger partial charge in [0, 0.05) is 19.1 Å². The fourth-order valence-corrected chi connectivity index (χ4v) is 3.13. The minimum Gasteiger partial charge on any atom is -0.493 e. The highest BCUT2D eigenvalue weighted by molar-refractivity contribution is 5.78. The van der Waals surface area contributed by atoms with Crippen molar-refractivity contribution in [3.63, 3.8) is 0 Å². The predicted octanol–water partition coefficient (Wildman–Crippen LogP) is 3.10. The van der Waals surface area contributed by atoms with Crippen LogP contribution < -0.4 is 14.8 Å². The van der Waals surface area contributed by atoms with E-state index in [1.54, 1.807) is 7.11 Å². The molecular formula is C20H30N2O3. The lowest BCUT2D eigenvalue weighted by Gasteiger charge is -2.32. The van der Waals surface area contributed by atoms with Crippen LogP contribution in [0.2, 0.25) is 0 Å². The number of carbonyl (C=O) groups is 1. The molecule has 1 amide bonds. The van der Waals surface area contributed by atoms with Crippen LogP contribution in [-0.2, 0) is 4.79 Å². The number of likely N-dealkylation sites (tertiary alicyclic amines) is 1. The van der Waals surface area contributed by atoms with Gasteiger partial charge in [-0.05, 0) is 50.4 Å². The van der Waals surface area contributed by atoms with Crippen molar-refractivity contribution in [2.45, 2.75) is 39.2 Å². The number of benzene rings is 1. The van der Waals surface area contributed by atoms with Crippen LogP contribution in [0.25, 0.3) is 6.08 Å². The van der Waals surface area contributed by atoms with Gasteiger partial charge in [-0.3, -0.25) is 4.79 Å². The van der Waals surface area contributed by atoms with Crippen molar-refractivity contribution in [1.29, 1.82) is 0 Å². The number of piperidine rings is 1. The summed E-state index contributed by atoms with van der Waals surface area (Å²) in [5.74, 6) is 1.15. The van der Waals surface area contributed by atoms with Crippen molar-refractivity contribution in [2.24, 2.45) is 0 Å². The maximum Gasteiger partial charge on any atom is 0.258 e. The van der Waals surface area contributed by atoms with Gasteiger partial charge in [0.25, 0.3) is 5.91 Å². The second-order valence-electron chi connectivity index (χ2n) is 6.38. The van der Waals surface area contributed by atoms with E-state index in [9.17, 15) is 4.79 Å². The molecule has 0 aromatic heterocycles. The molecule has 0 aliphatic carbocycles. The summed E-state index contributed by atoms with van der Waals surface area (Å²) < 4.78 is 11.0. The molecule has 1 aliphatic heterocycles. The third-order valence-corrected chi connectivity index (χ3v) is 4.40. The fraction of sp³-hybridized carbons (Fsp3) is 0.550. The van der Waals surface area contributed by atoms with E-state index in [0.717, 1.165) is 38.0 Å².